The molecule has 0 spiro atoms. The number of rotatable bonds is 2. The average molecular weight is 203 g/mol. The van der Waals surface area contributed by atoms with Crippen LogP contribution in [0.3, 0.4) is 0 Å². The van der Waals surface area contributed by atoms with Gasteiger partial charge in [0.2, 0.25) is 6.41 Å². The summed E-state index contributed by atoms with van der Waals surface area (Å²) >= 11 is 0. The summed E-state index contributed by atoms with van der Waals surface area (Å²) in [6.07, 6.45) is -0.156. The summed E-state index contributed by atoms with van der Waals surface area (Å²) in [7, 11) is 0. The topological polar surface area (TPSA) is 29.5 Å². The number of carbonyl (C=O) groups excluding carboxylic acids is 1. The summed E-state index contributed by atoms with van der Waals surface area (Å²) in [6.45, 7) is 6.47. The molecule has 1 rings (SSSR count). The van der Waals surface area contributed by atoms with Crippen LogP contribution in [0.2, 0.25) is 0 Å². The normalized spacial score (nSPS) is 29.0. The van der Waals surface area contributed by atoms with Crippen LogP contribution in [-0.2, 0) is 9.53 Å². The monoisotopic (exact) mass is 203 g/mol. The van der Waals surface area contributed by atoms with Gasteiger partial charge >= 0.3 is 0 Å². The summed E-state index contributed by atoms with van der Waals surface area (Å²) in [5.74, 6) is 0. The first-order valence-corrected chi connectivity index (χ1v) is 4.93. The van der Waals surface area contributed by atoms with Gasteiger partial charge in [0.25, 0.3) is 0 Å². The van der Waals surface area contributed by atoms with Gasteiger partial charge in [-0.1, -0.05) is 0 Å². The van der Waals surface area contributed by atoms with E-state index in [0.29, 0.717) is 19.4 Å². The molecule has 1 heterocycles. The molecule has 1 saturated heterocycles. The van der Waals surface area contributed by atoms with Crippen LogP contribution in [0.1, 0.15) is 27.2 Å². The van der Waals surface area contributed by atoms with Gasteiger partial charge in [0.15, 0.2) is 0 Å². The van der Waals surface area contributed by atoms with Crippen LogP contribution in [0.25, 0.3) is 0 Å². The third-order valence-electron chi connectivity index (χ3n) is 2.17. The minimum atomic E-state index is -1.06. The van der Waals surface area contributed by atoms with Gasteiger partial charge in [-0.25, -0.2) is 4.39 Å². The molecule has 0 saturated carbocycles. The summed E-state index contributed by atoms with van der Waals surface area (Å²) in [6, 6.07) is 0. The number of halogens is 1. The third-order valence-corrected chi connectivity index (χ3v) is 2.17. The maximum absolute atomic E-state index is 13.5. The number of amides is 1. The van der Waals surface area contributed by atoms with Crippen LogP contribution in [0.5, 0.6) is 0 Å². The summed E-state index contributed by atoms with van der Waals surface area (Å²) in [5, 5.41) is 0. The van der Waals surface area contributed by atoms with Crippen molar-refractivity contribution < 1.29 is 13.9 Å². The maximum atomic E-state index is 13.5. The minimum Gasteiger partial charge on any atom is -0.369 e. The highest BCUT2D eigenvalue weighted by Crippen LogP contribution is 2.21. The summed E-state index contributed by atoms with van der Waals surface area (Å²) in [5.41, 5.74) is -0.321. The lowest BCUT2D eigenvalue weighted by molar-refractivity contribution is -0.133. The van der Waals surface area contributed by atoms with Gasteiger partial charge in [-0.05, 0) is 27.2 Å². The van der Waals surface area contributed by atoms with Crippen molar-refractivity contribution in [1.29, 1.82) is 0 Å². The molecule has 14 heavy (non-hydrogen) atoms. The molecule has 82 valence electrons. The first-order chi connectivity index (χ1) is 6.42. The Morgan fingerprint density at radius 3 is 2.57 bits per heavy atom. The third kappa shape index (κ3) is 3.25. The lowest BCUT2D eigenvalue weighted by Gasteiger charge is -2.36. The van der Waals surface area contributed by atoms with Crippen LogP contribution >= 0.6 is 0 Å². The Bertz CT molecular complexity index is 203. The molecule has 0 aliphatic carbocycles. The van der Waals surface area contributed by atoms with Crippen molar-refractivity contribution in [2.75, 3.05) is 13.1 Å². The highest BCUT2D eigenvalue weighted by molar-refractivity contribution is 5.47. The molecule has 2 atom stereocenters. The molecule has 0 bridgehead atoms. The zero-order valence-electron chi connectivity index (χ0n) is 9.00. The Labute approximate surface area is 84.2 Å². The molecule has 1 aliphatic rings. The molecule has 0 aromatic rings. The van der Waals surface area contributed by atoms with Gasteiger partial charge in [-0.3, -0.25) is 4.79 Å². The van der Waals surface area contributed by atoms with E-state index >= 15 is 0 Å². The number of hydrogen-bond donors (Lipinski definition) is 0. The molecule has 0 aromatic carbocycles. The quantitative estimate of drug-likeness (QED) is 0.634. The van der Waals surface area contributed by atoms with E-state index in [2.05, 4.69) is 0 Å². The van der Waals surface area contributed by atoms with Crippen LogP contribution in [-0.4, -0.2) is 42.3 Å². The number of likely N-dealkylation sites (tertiary alicyclic amines) is 1. The Morgan fingerprint density at radius 2 is 2.14 bits per heavy atom. The second kappa shape index (κ2) is 4.26. The Morgan fingerprint density at radius 1 is 1.50 bits per heavy atom. The summed E-state index contributed by atoms with van der Waals surface area (Å²) < 4.78 is 19.1. The number of hydrogen-bond acceptors (Lipinski definition) is 2. The number of alkyl halides is 1. The second-order valence-electron chi connectivity index (χ2n) is 4.67. The maximum Gasteiger partial charge on any atom is 0.209 e. The molecular weight excluding hydrogens is 185 g/mol. The summed E-state index contributed by atoms with van der Waals surface area (Å²) in [4.78, 5) is 11.9. The van der Waals surface area contributed by atoms with Crippen molar-refractivity contribution in [2.24, 2.45) is 0 Å². The predicted molar refractivity (Wildman–Crippen MR) is 51.8 cm³/mol. The zero-order valence-corrected chi connectivity index (χ0v) is 9.00. The van der Waals surface area contributed by atoms with E-state index in [9.17, 15) is 9.18 Å². The van der Waals surface area contributed by atoms with E-state index in [-0.39, 0.29) is 18.2 Å². The van der Waals surface area contributed by atoms with Crippen LogP contribution in [0.4, 0.5) is 4.39 Å². The molecule has 4 heteroatoms. The van der Waals surface area contributed by atoms with Crippen molar-refractivity contribution in [1.82, 2.24) is 4.90 Å². The molecule has 0 unspecified atom stereocenters. The Kier molecular flexibility index (Phi) is 3.48. The molecular formula is C10H18FNO2. The van der Waals surface area contributed by atoms with E-state index in [1.165, 1.54) is 4.90 Å². The molecule has 1 aliphatic heterocycles. The van der Waals surface area contributed by atoms with Gasteiger partial charge in [-0.2, -0.15) is 0 Å². The fraction of sp³-hybridized carbons (Fsp3) is 0.900. The fourth-order valence-electron chi connectivity index (χ4n) is 1.59. The van der Waals surface area contributed by atoms with Crippen molar-refractivity contribution in [3.8, 4) is 0 Å². The average Bonchev–Trinajstić information content (AvgIpc) is 2.06. The highest BCUT2D eigenvalue weighted by atomic mass is 19.1. The molecule has 0 N–H and O–H groups in total. The molecule has 0 radical (unpaired) electrons. The van der Waals surface area contributed by atoms with Crippen molar-refractivity contribution >= 4 is 6.41 Å². The number of nitrogens with zero attached hydrogens (tertiary/aromatic N) is 1. The predicted octanol–water partition coefficient (Wildman–Crippen LogP) is 1.37. The lowest BCUT2D eigenvalue weighted by atomic mass is 10.0. The number of carbonyl (C=O) groups is 1. The van der Waals surface area contributed by atoms with Crippen LogP contribution in [0, 0.1) is 0 Å². The van der Waals surface area contributed by atoms with Gasteiger partial charge in [0, 0.05) is 6.54 Å². The smallest absolute Gasteiger partial charge is 0.209 e. The van der Waals surface area contributed by atoms with Gasteiger partial charge in [-0.15, -0.1) is 0 Å². The molecule has 0 aromatic heterocycles. The van der Waals surface area contributed by atoms with Crippen molar-refractivity contribution in [3.63, 3.8) is 0 Å². The van der Waals surface area contributed by atoms with E-state index in [1.807, 2.05) is 20.8 Å². The van der Waals surface area contributed by atoms with E-state index in [0.717, 1.165) is 0 Å². The Balaban J connectivity index is 2.46. The van der Waals surface area contributed by atoms with Gasteiger partial charge in [0.1, 0.15) is 6.17 Å². The number of ether oxygens (including phenoxy) is 1. The molecule has 1 amide bonds. The Hall–Kier alpha value is -0.640. The minimum absolute atomic E-state index is 0.157. The SMILES string of the molecule is CC(C)(C)O[C@H]1CCN(C=O)C[C@H]1F. The largest absolute Gasteiger partial charge is 0.369 e. The molecule has 3 nitrogen and oxygen atoms in total. The van der Waals surface area contributed by atoms with Gasteiger partial charge in [0.05, 0.1) is 18.2 Å². The standard InChI is InChI=1S/C10H18FNO2/c1-10(2,3)14-9-4-5-12(7-13)6-8(9)11/h7-9H,4-6H2,1-3H3/t8-,9+/m1/s1. The molecule has 1 fully saturated rings. The first-order valence-electron chi connectivity index (χ1n) is 4.93. The van der Waals surface area contributed by atoms with E-state index in [4.69, 9.17) is 4.74 Å². The van der Waals surface area contributed by atoms with Gasteiger partial charge < -0.3 is 9.64 Å². The van der Waals surface area contributed by atoms with Crippen molar-refractivity contribution in [3.05, 3.63) is 0 Å². The van der Waals surface area contributed by atoms with Crippen LogP contribution in [0.15, 0.2) is 0 Å². The lowest BCUT2D eigenvalue weighted by Crippen LogP contribution is -2.47. The van der Waals surface area contributed by atoms with Crippen LogP contribution < -0.4 is 0 Å². The van der Waals surface area contributed by atoms with Crippen molar-refractivity contribution in [2.45, 2.75) is 45.1 Å². The van der Waals surface area contributed by atoms with E-state index in [1.54, 1.807) is 0 Å². The van der Waals surface area contributed by atoms with E-state index < -0.39 is 6.17 Å². The second-order valence-corrected chi connectivity index (χ2v) is 4.67. The zero-order chi connectivity index (χ0) is 10.8. The fourth-order valence-corrected chi connectivity index (χ4v) is 1.59. The first kappa shape index (κ1) is 11.4. The highest BCUT2D eigenvalue weighted by Gasteiger charge is 2.32. The number of piperidine rings is 1.